The number of rotatable bonds is 15. The zero-order valence-corrected chi connectivity index (χ0v) is 50.2. The highest BCUT2D eigenvalue weighted by Gasteiger charge is 2.22. The molecule has 0 saturated carbocycles. The standard InChI is InChI=1S/C21H21BrClN3O.C20H17BrClN3O.C19H17BrClN3O/c1-3-5-20(15-6-4-7-16(22)12-15)25-21(27)19-13-24-26(14(19)2)18-10-8-17(23)9-11-18;1-3-19(14-5-4-6-15(21)11-14)24-20(26)18-12-23-25(13(18)2)17-9-7-16(22)8-10-17;1-12(14-4-3-5-15(20)10-14)23-19(25)18-11-22-24(13(18)2)17-8-6-16(21)7-9-17/h4,6-13,20H,3,5H2,1-2H3,(H,25,27);3-12,19H,1H2,2H3,(H,24,26);3-12H,1-2H3,(H,23,25)/t20-;19-;12-/m000/s1. The molecule has 3 aromatic heterocycles. The summed E-state index contributed by atoms with van der Waals surface area (Å²) in [5.74, 6) is -0.469. The fourth-order valence-electron chi connectivity index (χ4n) is 8.33. The van der Waals surface area contributed by atoms with Gasteiger partial charge in [0.2, 0.25) is 0 Å². The Balaban J connectivity index is 0.000000170. The minimum absolute atomic E-state index is 0.0433. The largest absolute Gasteiger partial charge is 0.345 e. The summed E-state index contributed by atoms with van der Waals surface area (Å²) >= 11 is 28.2. The van der Waals surface area contributed by atoms with E-state index in [0.717, 1.165) is 77.1 Å². The van der Waals surface area contributed by atoms with Gasteiger partial charge < -0.3 is 16.0 Å². The van der Waals surface area contributed by atoms with Crippen LogP contribution in [-0.4, -0.2) is 47.1 Å². The molecule has 12 nitrogen and oxygen atoms in total. The number of amides is 3. The number of nitrogens with zero attached hydrogens (tertiary/aromatic N) is 6. The summed E-state index contributed by atoms with van der Waals surface area (Å²) in [5, 5.41) is 24.2. The number of benzene rings is 6. The molecular formula is C60H55Br3Cl3N9O3. The number of carbonyl (C=O) groups excluding carboxylic acids is 3. The van der Waals surface area contributed by atoms with Gasteiger partial charge in [0, 0.05) is 28.5 Å². The molecule has 3 amide bonds. The number of hydrogen-bond acceptors (Lipinski definition) is 6. The van der Waals surface area contributed by atoms with Crippen molar-refractivity contribution in [3.05, 3.63) is 256 Å². The maximum atomic E-state index is 12.9. The second-order valence-corrected chi connectivity index (χ2v) is 22.0. The van der Waals surface area contributed by atoms with E-state index in [9.17, 15) is 14.4 Å². The van der Waals surface area contributed by atoms with Crippen molar-refractivity contribution < 1.29 is 14.4 Å². The Morgan fingerprint density at radius 2 is 0.872 bits per heavy atom. The van der Waals surface area contributed by atoms with Crippen LogP contribution >= 0.6 is 82.6 Å². The normalized spacial score (nSPS) is 11.9. The van der Waals surface area contributed by atoms with Crippen molar-refractivity contribution in [2.24, 2.45) is 0 Å². The smallest absolute Gasteiger partial charge is 0.255 e. The summed E-state index contributed by atoms with van der Waals surface area (Å²) in [4.78, 5) is 38.3. The molecule has 3 N–H and O–H groups in total. The predicted octanol–water partition coefficient (Wildman–Crippen LogP) is 16.2. The van der Waals surface area contributed by atoms with Crippen molar-refractivity contribution in [1.29, 1.82) is 0 Å². The van der Waals surface area contributed by atoms with Gasteiger partial charge in [-0.05, 0) is 160 Å². The minimum atomic E-state index is -0.293. The number of nitrogens with one attached hydrogen (secondary N) is 3. The van der Waals surface area contributed by atoms with Gasteiger partial charge in [0.25, 0.3) is 17.7 Å². The second kappa shape index (κ2) is 27.8. The SMILES string of the molecule is C=C[C@H](NC(=O)c1cnn(-c2ccc(Cl)cc2)c1C)c1cccc(Br)c1.CCC[C@H](NC(=O)c1cnn(-c2ccc(Cl)cc2)c1C)c1cccc(Br)c1.Cc1c(C(=O)N[C@@H](C)c2cccc(Br)c2)cnn1-c1ccc(Cl)cc1. The summed E-state index contributed by atoms with van der Waals surface area (Å²) < 4.78 is 8.13. The molecule has 0 radical (unpaired) electrons. The van der Waals surface area contributed by atoms with Crippen LogP contribution in [-0.2, 0) is 0 Å². The van der Waals surface area contributed by atoms with Crippen LogP contribution in [0, 0.1) is 20.8 Å². The molecule has 0 saturated heterocycles. The summed E-state index contributed by atoms with van der Waals surface area (Å²) in [6, 6.07) is 45.3. The fourth-order valence-corrected chi connectivity index (χ4v) is 9.96. The van der Waals surface area contributed by atoms with Gasteiger partial charge in [-0.15, -0.1) is 6.58 Å². The van der Waals surface area contributed by atoms with E-state index in [1.165, 1.54) is 0 Å². The first kappa shape index (κ1) is 59.1. The molecular weight excluding hydrogens is 1240 g/mol. The molecule has 3 heterocycles. The highest BCUT2D eigenvalue weighted by Crippen LogP contribution is 2.26. The Morgan fingerprint density at radius 3 is 1.26 bits per heavy atom. The Hall–Kier alpha value is -6.59. The molecule has 400 valence electrons. The molecule has 0 aliphatic rings. The van der Waals surface area contributed by atoms with Crippen LogP contribution in [0.25, 0.3) is 17.1 Å². The Morgan fingerprint density at radius 1 is 0.526 bits per heavy atom. The first-order valence-electron chi connectivity index (χ1n) is 24.7. The van der Waals surface area contributed by atoms with E-state index in [0.29, 0.717) is 31.8 Å². The van der Waals surface area contributed by atoms with E-state index >= 15 is 0 Å². The van der Waals surface area contributed by atoms with Gasteiger partial charge >= 0.3 is 0 Å². The Kier molecular flexibility index (Phi) is 21.1. The van der Waals surface area contributed by atoms with Crippen molar-refractivity contribution >= 4 is 100 Å². The summed E-state index contributed by atoms with van der Waals surface area (Å²) in [6.07, 6.45) is 8.32. The second-order valence-electron chi connectivity index (χ2n) is 18.0. The van der Waals surface area contributed by atoms with Gasteiger partial charge in [0.05, 0.1) is 87.6 Å². The third-order valence-electron chi connectivity index (χ3n) is 12.5. The van der Waals surface area contributed by atoms with Crippen LogP contribution in [0.1, 0.15) is 110 Å². The van der Waals surface area contributed by atoms with Crippen molar-refractivity contribution in [3.63, 3.8) is 0 Å². The van der Waals surface area contributed by atoms with Crippen molar-refractivity contribution in [2.45, 2.75) is 65.6 Å². The summed E-state index contributed by atoms with van der Waals surface area (Å²) in [5.41, 5.74) is 9.60. The molecule has 0 spiro atoms. The van der Waals surface area contributed by atoms with E-state index in [4.69, 9.17) is 34.8 Å². The highest BCUT2D eigenvalue weighted by atomic mass is 79.9. The van der Waals surface area contributed by atoms with E-state index in [1.54, 1.807) is 63.0 Å². The van der Waals surface area contributed by atoms with Gasteiger partial charge in [0.15, 0.2) is 0 Å². The van der Waals surface area contributed by atoms with E-state index in [1.807, 2.05) is 149 Å². The maximum absolute atomic E-state index is 12.9. The molecule has 9 aromatic rings. The van der Waals surface area contributed by atoms with Gasteiger partial charge in [-0.25, -0.2) is 14.0 Å². The molecule has 0 aliphatic heterocycles. The van der Waals surface area contributed by atoms with Gasteiger partial charge in [-0.3, -0.25) is 14.4 Å². The molecule has 9 rings (SSSR count). The summed E-state index contributed by atoms with van der Waals surface area (Å²) in [6.45, 7) is 13.5. The van der Waals surface area contributed by atoms with Crippen LogP contribution in [0.15, 0.2) is 190 Å². The average Bonchev–Trinajstić information content (AvgIpc) is 4.18. The van der Waals surface area contributed by atoms with Crippen LogP contribution < -0.4 is 16.0 Å². The van der Waals surface area contributed by atoms with Crippen LogP contribution in [0.2, 0.25) is 15.1 Å². The molecule has 0 fully saturated rings. The van der Waals surface area contributed by atoms with E-state index in [2.05, 4.69) is 92.5 Å². The van der Waals surface area contributed by atoms with Crippen molar-refractivity contribution in [1.82, 2.24) is 45.3 Å². The number of hydrogen-bond donors (Lipinski definition) is 3. The van der Waals surface area contributed by atoms with Crippen molar-refractivity contribution in [3.8, 4) is 17.1 Å². The molecule has 6 aromatic carbocycles. The topological polar surface area (TPSA) is 141 Å². The quantitative estimate of drug-likeness (QED) is 0.0873. The highest BCUT2D eigenvalue weighted by molar-refractivity contribution is 9.11. The molecule has 78 heavy (non-hydrogen) atoms. The van der Waals surface area contributed by atoms with Crippen LogP contribution in [0.3, 0.4) is 0 Å². The minimum Gasteiger partial charge on any atom is -0.345 e. The lowest BCUT2D eigenvalue weighted by Crippen LogP contribution is -2.28. The third-order valence-corrected chi connectivity index (χ3v) is 14.8. The monoisotopic (exact) mass is 1290 g/mol. The predicted molar refractivity (Wildman–Crippen MR) is 324 cm³/mol. The third kappa shape index (κ3) is 15.4. The lowest BCUT2D eigenvalue weighted by Gasteiger charge is -2.19. The van der Waals surface area contributed by atoms with Crippen molar-refractivity contribution in [2.75, 3.05) is 0 Å². The number of aromatic nitrogens is 6. The molecule has 0 bridgehead atoms. The van der Waals surface area contributed by atoms with Gasteiger partial charge in [-0.1, -0.05) is 138 Å². The van der Waals surface area contributed by atoms with E-state index < -0.39 is 0 Å². The van der Waals surface area contributed by atoms with Crippen LogP contribution in [0.5, 0.6) is 0 Å². The molecule has 0 aliphatic carbocycles. The molecule has 0 unspecified atom stereocenters. The molecule has 3 atom stereocenters. The number of carbonyl (C=O) groups is 3. The van der Waals surface area contributed by atoms with Gasteiger partial charge in [0.1, 0.15) is 0 Å². The Labute approximate surface area is 494 Å². The lowest BCUT2D eigenvalue weighted by molar-refractivity contribution is 0.0927. The summed E-state index contributed by atoms with van der Waals surface area (Å²) in [7, 11) is 0. The molecule has 18 heteroatoms. The maximum Gasteiger partial charge on any atom is 0.255 e. The zero-order valence-electron chi connectivity index (χ0n) is 43.2. The Bertz CT molecular complexity index is 3530. The first-order chi connectivity index (χ1) is 37.4. The van der Waals surface area contributed by atoms with E-state index in [-0.39, 0.29) is 35.8 Å². The lowest BCUT2D eigenvalue weighted by atomic mass is 10.0. The number of halogens is 6. The zero-order chi connectivity index (χ0) is 56.0. The fraction of sp³-hybridized carbons (Fsp3) is 0.167. The van der Waals surface area contributed by atoms with Crippen LogP contribution in [0.4, 0.5) is 0 Å². The first-order valence-corrected chi connectivity index (χ1v) is 28.2. The van der Waals surface area contributed by atoms with Gasteiger partial charge in [-0.2, -0.15) is 15.3 Å². The average molecular weight is 1300 g/mol.